The molecular weight excluding hydrogens is 156 g/mol. The van der Waals surface area contributed by atoms with E-state index < -0.39 is 0 Å². The van der Waals surface area contributed by atoms with E-state index in [4.69, 9.17) is 0 Å². The molecule has 0 saturated heterocycles. The van der Waals surface area contributed by atoms with E-state index in [-0.39, 0.29) is 0 Å². The SMILES string of the molecule is C1=C(/C2CCCC2)CCCCCC/1. The van der Waals surface area contributed by atoms with Gasteiger partial charge in [0.1, 0.15) is 0 Å². The van der Waals surface area contributed by atoms with E-state index in [9.17, 15) is 0 Å². The lowest BCUT2D eigenvalue weighted by Gasteiger charge is -2.16. The van der Waals surface area contributed by atoms with Crippen molar-refractivity contribution in [1.82, 2.24) is 0 Å². The van der Waals surface area contributed by atoms with Crippen LogP contribution in [0.1, 0.15) is 64.2 Å². The third-order valence-electron chi connectivity index (χ3n) is 3.71. The predicted octanol–water partition coefficient (Wildman–Crippen LogP) is 4.46. The van der Waals surface area contributed by atoms with E-state index in [2.05, 4.69) is 6.08 Å². The molecule has 0 aromatic heterocycles. The van der Waals surface area contributed by atoms with Gasteiger partial charge in [-0.3, -0.25) is 0 Å². The van der Waals surface area contributed by atoms with E-state index >= 15 is 0 Å². The standard InChI is InChI=1S/C13H22/c1-2-4-8-12(9-5-3-1)13-10-6-7-11-13/h8,13H,1-7,9-11H2/b12-8+. The van der Waals surface area contributed by atoms with Crippen molar-refractivity contribution in [2.24, 2.45) is 5.92 Å². The van der Waals surface area contributed by atoms with Crippen molar-refractivity contribution in [1.29, 1.82) is 0 Å². The van der Waals surface area contributed by atoms with Crippen LogP contribution in [-0.4, -0.2) is 0 Å². The van der Waals surface area contributed by atoms with Crippen LogP contribution >= 0.6 is 0 Å². The first-order chi connectivity index (χ1) is 6.47. The molecule has 0 aliphatic heterocycles. The van der Waals surface area contributed by atoms with Crippen LogP contribution in [0.25, 0.3) is 0 Å². The van der Waals surface area contributed by atoms with Crippen LogP contribution < -0.4 is 0 Å². The minimum atomic E-state index is 0.998. The fourth-order valence-corrected chi connectivity index (χ4v) is 2.88. The normalized spacial score (nSPS) is 30.6. The van der Waals surface area contributed by atoms with E-state index in [0.717, 1.165) is 5.92 Å². The number of rotatable bonds is 1. The molecule has 0 aromatic rings. The molecule has 0 nitrogen and oxygen atoms in total. The minimum absolute atomic E-state index is 0.998. The largest absolute Gasteiger partial charge is 0.0851 e. The first-order valence-corrected chi connectivity index (χ1v) is 6.16. The average Bonchev–Trinajstić information content (AvgIpc) is 2.55. The molecule has 0 unspecified atom stereocenters. The lowest BCUT2D eigenvalue weighted by Crippen LogP contribution is -2.00. The lowest BCUT2D eigenvalue weighted by atomic mass is 9.89. The Morgan fingerprint density at radius 1 is 0.846 bits per heavy atom. The molecule has 0 heteroatoms. The maximum atomic E-state index is 2.58. The van der Waals surface area contributed by atoms with Crippen LogP contribution in [0.5, 0.6) is 0 Å². The molecule has 0 heterocycles. The molecule has 2 aliphatic carbocycles. The third kappa shape index (κ3) is 2.59. The molecule has 0 radical (unpaired) electrons. The lowest BCUT2D eigenvalue weighted by molar-refractivity contribution is 0.553. The van der Waals surface area contributed by atoms with Crippen molar-refractivity contribution in [3.63, 3.8) is 0 Å². The second-order valence-electron chi connectivity index (χ2n) is 4.71. The molecule has 0 aromatic carbocycles. The summed E-state index contributed by atoms with van der Waals surface area (Å²) in [6.45, 7) is 0. The number of hydrogen-bond acceptors (Lipinski definition) is 0. The molecule has 0 bridgehead atoms. The highest BCUT2D eigenvalue weighted by Crippen LogP contribution is 2.34. The van der Waals surface area contributed by atoms with Crippen molar-refractivity contribution in [3.8, 4) is 0 Å². The summed E-state index contributed by atoms with van der Waals surface area (Å²) in [6.07, 6.45) is 17.2. The fourth-order valence-electron chi connectivity index (χ4n) is 2.88. The van der Waals surface area contributed by atoms with Gasteiger partial charge < -0.3 is 0 Å². The Morgan fingerprint density at radius 2 is 1.62 bits per heavy atom. The van der Waals surface area contributed by atoms with Gasteiger partial charge in [-0.1, -0.05) is 37.3 Å². The first kappa shape index (κ1) is 9.30. The fraction of sp³-hybridized carbons (Fsp3) is 0.846. The molecule has 74 valence electrons. The Kier molecular flexibility index (Phi) is 3.46. The Bertz CT molecular complexity index is 172. The van der Waals surface area contributed by atoms with E-state index in [0.29, 0.717) is 0 Å². The average molecular weight is 178 g/mol. The van der Waals surface area contributed by atoms with Gasteiger partial charge in [-0.2, -0.15) is 0 Å². The zero-order valence-corrected chi connectivity index (χ0v) is 8.73. The zero-order chi connectivity index (χ0) is 8.93. The van der Waals surface area contributed by atoms with Gasteiger partial charge in [-0.05, 0) is 44.4 Å². The van der Waals surface area contributed by atoms with Gasteiger partial charge in [0.15, 0.2) is 0 Å². The maximum absolute atomic E-state index is 2.58. The summed E-state index contributed by atoms with van der Waals surface area (Å²) >= 11 is 0. The summed E-state index contributed by atoms with van der Waals surface area (Å²) in [5, 5.41) is 0. The highest BCUT2D eigenvalue weighted by Gasteiger charge is 2.18. The molecule has 1 fully saturated rings. The van der Waals surface area contributed by atoms with Gasteiger partial charge in [0.25, 0.3) is 0 Å². The van der Waals surface area contributed by atoms with Crippen molar-refractivity contribution in [3.05, 3.63) is 11.6 Å². The third-order valence-corrected chi connectivity index (χ3v) is 3.71. The van der Waals surface area contributed by atoms with E-state index in [1.807, 2.05) is 5.57 Å². The van der Waals surface area contributed by atoms with Gasteiger partial charge in [0.05, 0.1) is 0 Å². The summed E-state index contributed by atoms with van der Waals surface area (Å²) in [7, 11) is 0. The second-order valence-corrected chi connectivity index (χ2v) is 4.71. The van der Waals surface area contributed by atoms with E-state index in [1.165, 1.54) is 64.2 Å². The quantitative estimate of drug-likeness (QED) is 0.520. The van der Waals surface area contributed by atoms with Gasteiger partial charge in [0, 0.05) is 0 Å². The van der Waals surface area contributed by atoms with Gasteiger partial charge >= 0.3 is 0 Å². The minimum Gasteiger partial charge on any atom is -0.0851 e. The highest BCUT2D eigenvalue weighted by molar-refractivity contribution is 5.08. The molecular formula is C13H22. The number of hydrogen-bond donors (Lipinski definition) is 0. The van der Waals surface area contributed by atoms with Crippen LogP contribution in [0.3, 0.4) is 0 Å². The van der Waals surface area contributed by atoms with Crippen LogP contribution in [0.2, 0.25) is 0 Å². The molecule has 0 atom stereocenters. The highest BCUT2D eigenvalue weighted by atomic mass is 14.2. The molecule has 2 rings (SSSR count). The first-order valence-electron chi connectivity index (χ1n) is 6.16. The van der Waals surface area contributed by atoms with Crippen molar-refractivity contribution < 1.29 is 0 Å². The van der Waals surface area contributed by atoms with Crippen molar-refractivity contribution in [2.45, 2.75) is 64.2 Å². The monoisotopic (exact) mass is 178 g/mol. The summed E-state index contributed by atoms with van der Waals surface area (Å²) < 4.78 is 0. The summed E-state index contributed by atoms with van der Waals surface area (Å²) in [4.78, 5) is 0. The Labute approximate surface area is 82.4 Å². The van der Waals surface area contributed by atoms with Crippen molar-refractivity contribution in [2.75, 3.05) is 0 Å². The predicted molar refractivity (Wildman–Crippen MR) is 57.7 cm³/mol. The number of allylic oxidation sites excluding steroid dienone is 2. The smallest absolute Gasteiger partial charge is 0.0203 e. The van der Waals surface area contributed by atoms with Gasteiger partial charge in [-0.15, -0.1) is 0 Å². The van der Waals surface area contributed by atoms with E-state index in [1.54, 1.807) is 0 Å². The van der Waals surface area contributed by atoms with Crippen LogP contribution in [-0.2, 0) is 0 Å². The Balaban J connectivity index is 1.93. The van der Waals surface area contributed by atoms with Crippen molar-refractivity contribution >= 4 is 0 Å². The Hall–Kier alpha value is -0.260. The van der Waals surface area contributed by atoms with Gasteiger partial charge in [-0.25, -0.2) is 0 Å². The summed E-state index contributed by atoms with van der Waals surface area (Å²) in [6, 6.07) is 0. The topological polar surface area (TPSA) is 0 Å². The molecule has 1 saturated carbocycles. The summed E-state index contributed by atoms with van der Waals surface area (Å²) in [5.74, 6) is 0.998. The Morgan fingerprint density at radius 3 is 2.46 bits per heavy atom. The molecule has 2 aliphatic rings. The maximum Gasteiger partial charge on any atom is -0.0203 e. The van der Waals surface area contributed by atoms with Crippen LogP contribution in [0.15, 0.2) is 11.6 Å². The van der Waals surface area contributed by atoms with Crippen LogP contribution in [0.4, 0.5) is 0 Å². The van der Waals surface area contributed by atoms with Gasteiger partial charge in [0.2, 0.25) is 0 Å². The second kappa shape index (κ2) is 4.83. The zero-order valence-electron chi connectivity index (χ0n) is 8.73. The summed E-state index contributed by atoms with van der Waals surface area (Å²) in [5.41, 5.74) is 1.83. The molecule has 0 spiro atoms. The molecule has 13 heavy (non-hydrogen) atoms. The van der Waals surface area contributed by atoms with Crippen LogP contribution in [0, 0.1) is 5.92 Å². The molecule has 0 N–H and O–H groups in total. The molecule has 0 amide bonds.